The summed E-state index contributed by atoms with van der Waals surface area (Å²) in [5, 5.41) is 3.11. The van der Waals surface area contributed by atoms with E-state index in [0.717, 1.165) is 83.4 Å². The third kappa shape index (κ3) is 5.06. The molecule has 1 amide bonds. The van der Waals surface area contributed by atoms with E-state index in [0.29, 0.717) is 0 Å². The minimum atomic E-state index is 0.157. The summed E-state index contributed by atoms with van der Waals surface area (Å²) in [7, 11) is 0. The summed E-state index contributed by atoms with van der Waals surface area (Å²) in [6.07, 6.45) is 1.87. The van der Waals surface area contributed by atoms with Gasteiger partial charge in [0.15, 0.2) is 0 Å². The zero-order chi connectivity index (χ0) is 16.8. The largest absolute Gasteiger partial charge is 0.465 e. The summed E-state index contributed by atoms with van der Waals surface area (Å²) < 4.78 is 11.0. The molecule has 0 saturated carbocycles. The minimum Gasteiger partial charge on any atom is -0.465 e. The van der Waals surface area contributed by atoms with E-state index in [4.69, 9.17) is 9.15 Å². The molecule has 0 unspecified atom stereocenters. The zero-order valence-corrected chi connectivity index (χ0v) is 14.6. The average Bonchev–Trinajstić information content (AvgIpc) is 3.01. The van der Waals surface area contributed by atoms with E-state index in [2.05, 4.69) is 15.1 Å². The van der Waals surface area contributed by atoms with E-state index >= 15 is 0 Å². The maximum atomic E-state index is 12.3. The molecule has 6 heteroatoms. The fourth-order valence-electron chi connectivity index (χ4n) is 3.45. The number of hydrogen-bond donors (Lipinski definition) is 1. The van der Waals surface area contributed by atoms with Gasteiger partial charge in [-0.1, -0.05) is 0 Å². The number of rotatable bonds is 6. The summed E-state index contributed by atoms with van der Waals surface area (Å²) in [5.74, 6) is 2.35. The van der Waals surface area contributed by atoms with Crippen molar-refractivity contribution in [1.82, 2.24) is 15.1 Å². The molecule has 0 aliphatic carbocycles. The van der Waals surface area contributed by atoms with Crippen molar-refractivity contribution in [3.63, 3.8) is 0 Å². The normalized spacial score (nSPS) is 21.0. The van der Waals surface area contributed by atoms with Crippen molar-refractivity contribution in [1.29, 1.82) is 0 Å². The molecule has 134 valence electrons. The molecule has 2 aliphatic heterocycles. The van der Waals surface area contributed by atoms with Crippen molar-refractivity contribution in [2.75, 3.05) is 52.5 Å². The van der Waals surface area contributed by atoms with Crippen LogP contribution < -0.4 is 5.32 Å². The van der Waals surface area contributed by atoms with Crippen molar-refractivity contribution < 1.29 is 13.9 Å². The van der Waals surface area contributed by atoms with Gasteiger partial charge in [-0.15, -0.1) is 0 Å². The van der Waals surface area contributed by atoms with E-state index in [1.807, 2.05) is 19.1 Å². The minimum absolute atomic E-state index is 0.157. The Bertz CT molecular complexity index is 517. The van der Waals surface area contributed by atoms with Crippen LogP contribution in [0.15, 0.2) is 16.5 Å². The second-order valence-corrected chi connectivity index (χ2v) is 6.81. The van der Waals surface area contributed by atoms with Crippen LogP contribution in [0.1, 0.15) is 24.4 Å². The van der Waals surface area contributed by atoms with Crippen LogP contribution in [0.5, 0.6) is 0 Å². The summed E-state index contributed by atoms with van der Waals surface area (Å²) >= 11 is 0. The highest BCUT2D eigenvalue weighted by atomic mass is 16.5. The number of furan rings is 1. The first kappa shape index (κ1) is 17.5. The lowest BCUT2D eigenvalue weighted by Crippen LogP contribution is -2.44. The quantitative estimate of drug-likeness (QED) is 0.848. The smallest absolute Gasteiger partial charge is 0.223 e. The number of morpholine rings is 1. The maximum Gasteiger partial charge on any atom is 0.223 e. The molecule has 0 spiro atoms. The Morgan fingerprint density at radius 3 is 2.58 bits per heavy atom. The van der Waals surface area contributed by atoms with Gasteiger partial charge in [-0.2, -0.15) is 0 Å². The number of nitrogens with one attached hydrogen (secondary N) is 1. The predicted octanol–water partition coefficient (Wildman–Crippen LogP) is 1.25. The van der Waals surface area contributed by atoms with Crippen LogP contribution in [0.2, 0.25) is 0 Å². The SMILES string of the molecule is Cc1ccc(CN2CCC(C(=O)NCCN3CCOCC3)CC2)o1. The number of piperidine rings is 1. The lowest BCUT2D eigenvalue weighted by molar-refractivity contribution is -0.126. The van der Waals surface area contributed by atoms with Gasteiger partial charge in [0, 0.05) is 32.1 Å². The van der Waals surface area contributed by atoms with Gasteiger partial charge in [-0.25, -0.2) is 0 Å². The molecule has 1 aromatic heterocycles. The van der Waals surface area contributed by atoms with E-state index in [9.17, 15) is 4.79 Å². The number of carbonyl (C=O) groups excluding carboxylic acids is 1. The molecule has 0 aromatic carbocycles. The van der Waals surface area contributed by atoms with Crippen LogP contribution in [-0.4, -0.2) is 68.2 Å². The van der Waals surface area contributed by atoms with Crippen LogP contribution in [0.3, 0.4) is 0 Å². The van der Waals surface area contributed by atoms with Crippen LogP contribution in [0.4, 0.5) is 0 Å². The third-order valence-electron chi connectivity index (χ3n) is 4.96. The van der Waals surface area contributed by atoms with Crippen LogP contribution in [0, 0.1) is 12.8 Å². The van der Waals surface area contributed by atoms with Crippen LogP contribution in [0.25, 0.3) is 0 Å². The fourth-order valence-corrected chi connectivity index (χ4v) is 3.45. The fraction of sp³-hybridized carbons (Fsp3) is 0.722. The van der Waals surface area contributed by atoms with Gasteiger partial charge in [0.1, 0.15) is 11.5 Å². The zero-order valence-electron chi connectivity index (χ0n) is 14.6. The first-order chi connectivity index (χ1) is 11.7. The van der Waals surface area contributed by atoms with Crippen molar-refractivity contribution in [3.8, 4) is 0 Å². The summed E-state index contributed by atoms with van der Waals surface area (Å²) in [5.41, 5.74) is 0. The van der Waals surface area contributed by atoms with E-state index in [1.54, 1.807) is 0 Å². The molecule has 1 aromatic rings. The summed E-state index contributed by atoms with van der Waals surface area (Å²) in [6, 6.07) is 4.05. The number of likely N-dealkylation sites (tertiary alicyclic amines) is 1. The predicted molar refractivity (Wildman–Crippen MR) is 91.7 cm³/mol. The summed E-state index contributed by atoms with van der Waals surface area (Å²) in [6.45, 7) is 9.96. The van der Waals surface area contributed by atoms with E-state index in [-0.39, 0.29) is 11.8 Å². The lowest BCUT2D eigenvalue weighted by atomic mass is 9.96. The van der Waals surface area contributed by atoms with Gasteiger partial charge in [-0.3, -0.25) is 14.6 Å². The highest BCUT2D eigenvalue weighted by molar-refractivity contribution is 5.78. The lowest BCUT2D eigenvalue weighted by Gasteiger charge is -2.31. The Balaban J connectivity index is 1.32. The Morgan fingerprint density at radius 2 is 1.92 bits per heavy atom. The van der Waals surface area contributed by atoms with Crippen LogP contribution in [-0.2, 0) is 16.1 Å². The summed E-state index contributed by atoms with van der Waals surface area (Å²) in [4.78, 5) is 17.0. The number of amides is 1. The second-order valence-electron chi connectivity index (χ2n) is 6.81. The van der Waals surface area contributed by atoms with Gasteiger partial charge in [0.25, 0.3) is 0 Å². The first-order valence-corrected chi connectivity index (χ1v) is 9.06. The molecule has 1 N–H and O–H groups in total. The van der Waals surface area contributed by atoms with Crippen LogP contribution >= 0.6 is 0 Å². The number of carbonyl (C=O) groups is 1. The molecular formula is C18H29N3O3. The Morgan fingerprint density at radius 1 is 1.17 bits per heavy atom. The average molecular weight is 335 g/mol. The molecule has 0 bridgehead atoms. The molecule has 6 nitrogen and oxygen atoms in total. The molecule has 2 aliphatic rings. The van der Waals surface area contributed by atoms with Gasteiger partial charge in [0.2, 0.25) is 5.91 Å². The molecule has 2 saturated heterocycles. The van der Waals surface area contributed by atoms with Crippen molar-refractivity contribution >= 4 is 5.91 Å². The molecule has 3 rings (SSSR count). The Kier molecular flexibility index (Phi) is 6.29. The highest BCUT2D eigenvalue weighted by Crippen LogP contribution is 2.20. The van der Waals surface area contributed by atoms with E-state index < -0.39 is 0 Å². The maximum absolute atomic E-state index is 12.3. The van der Waals surface area contributed by atoms with Gasteiger partial charge >= 0.3 is 0 Å². The second kappa shape index (κ2) is 8.65. The molecule has 2 fully saturated rings. The number of ether oxygens (including phenoxy) is 1. The van der Waals surface area contributed by atoms with Gasteiger partial charge < -0.3 is 14.5 Å². The van der Waals surface area contributed by atoms with Crippen molar-refractivity contribution in [2.45, 2.75) is 26.3 Å². The number of aryl methyl sites for hydroxylation is 1. The molecule has 3 heterocycles. The Hall–Kier alpha value is -1.37. The number of nitrogens with zero attached hydrogens (tertiary/aromatic N) is 2. The monoisotopic (exact) mass is 335 g/mol. The molecular weight excluding hydrogens is 306 g/mol. The van der Waals surface area contributed by atoms with Crippen molar-refractivity contribution in [3.05, 3.63) is 23.7 Å². The highest BCUT2D eigenvalue weighted by Gasteiger charge is 2.25. The van der Waals surface area contributed by atoms with Gasteiger partial charge in [-0.05, 0) is 45.0 Å². The van der Waals surface area contributed by atoms with Crippen molar-refractivity contribution in [2.24, 2.45) is 5.92 Å². The first-order valence-electron chi connectivity index (χ1n) is 9.06. The number of hydrogen-bond acceptors (Lipinski definition) is 5. The van der Waals surface area contributed by atoms with E-state index in [1.165, 1.54) is 0 Å². The third-order valence-corrected chi connectivity index (χ3v) is 4.96. The van der Waals surface area contributed by atoms with Gasteiger partial charge in [0.05, 0.1) is 19.8 Å². The Labute approximate surface area is 144 Å². The molecule has 0 radical (unpaired) electrons. The molecule has 0 atom stereocenters. The standard InChI is InChI=1S/C18H29N3O3/c1-15-2-3-17(24-15)14-21-7-4-16(5-8-21)18(22)19-6-9-20-10-12-23-13-11-20/h2-3,16H,4-14H2,1H3,(H,19,22). The topological polar surface area (TPSA) is 58.0 Å². The molecule has 24 heavy (non-hydrogen) atoms.